The van der Waals surface area contributed by atoms with Crippen LogP contribution in [0.25, 0.3) is 5.70 Å². The van der Waals surface area contributed by atoms with E-state index in [9.17, 15) is 0 Å². The molecule has 3 N–H and O–H groups in total. The van der Waals surface area contributed by atoms with Gasteiger partial charge in [-0.05, 0) is 73.1 Å². The minimum absolute atomic E-state index is 0.429. The summed E-state index contributed by atoms with van der Waals surface area (Å²) < 4.78 is 0. The third-order valence-corrected chi connectivity index (χ3v) is 6.13. The van der Waals surface area contributed by atoms with E-state index in [2.05, 4.69) is 78.5 Å². The van der Waals surface area contributed by atoms with Gasteiger partial charge in [-0.2, -0.15) is 0 Å². The molecule has 0 saturated carbocycles. The van der Waals surface area contributed by atoms with E-state index >= 15 is 0 Å². The van der Waals surface area contributed by atoms with E-state index < -0.39 is 0 Å². The topological polar surface area (TPSA) is 49.0 Å². The van der Waals surface area contributed by atoms with Crippen molar-refractivity contribution in [1.82, 2.24) is 15.6 Å². The summed E-state index contributed by atoms with van der Waals surface area (Å²) in [6, 6.07) is 4.41. The van der Waals surface area contributed by atoms with Crippen LogP contribution < -0.4 is 16.0 Å². The molecule has 34 heavy (non-hydrogen) atoms. The molecule has 1 aliphatic rings. The number of pyridine rings is 1. The fraction of sp³-hybridized carbons (Fsp3) is 0.276. The van der Waals surface area contributed by atoms with E-state index in [1.165, 1.54) is 4.91 Å². The monoisotopic (exact) mass is 474 g/mol. The number of rotatable bonds is 13. The van der Waals surface area contributed by atoms with Gasteiger partial charge in [-0.3, -0.25) is 0 Å². The normalized spacial score (nSPS) is 15.4. The first-order chi connectivity index (χ1) is 16.3. The van der Waals surface area contributed by atoms with Gasteiger partial charge in [-0.1, -0.05) is 63.2 Å². The number of anilines is 1. The van der Waals surface area contributed by atoms with Crippen molar-refractivity contribution in [2.75, 3.05) is 18.4 Å². The number of aromatic nitrogens is 1. The van der Waals surface area contributed by atoms with Gasteiger partial charge < -0.3 is 16.0 Å². The predicted octanol–water partition coefficient (Wildman–Crippen LogP) is 7.11. The van der Waals surface area contributed by atoms with Gasteiger partial charge in [-0.25, -0.2) is 4.98 Å². The first kappa shape index (κ1) is 27.2. The van der Waals surface area contributed by atoms with Gasteiger partial charge in [0, 0.05) is 41.1 Å². The Balaban J connectivity index is 2.25. The molecule has 1 aromatic rings. The molecule has 180 valence electrons. The fourth-order valence-corrected chi connectivity index (χ4v) is 4.20. The van der Waals surface area contributed by atoms with Crippen molar-refractivity contribution in [1.29, 1.82) is 0 Å². The average Bonchev–Trinajstić information content (AvgIpc) is 2.78. The van der Waals surface area contributed by atoms with Crippen molar-refractivity contribution >= 4 is 23.3 Å². The van der Waals surface area contributed by atoms with Crippen LogP contribution in [0.2, 0.25) is 0 Å². The number of nitrogens with one attached hydrogen (secondary N) is 3. The Bertz CT molecular complexity index is 1050. The summed E-state index contributed by atoms with van der Waals surface area (Å²) in [5, 5.41) is 10.1. The summed E-state index contributed by atoms with van der Waals surface area (Å²) >= 11 is 1.69. The second-order valence-electron chi connectivity index (χ2n) is 8.21. The van der Waals surface area contributed by atoms with Crippen LogP contribution in [0, 0.1) is 0 Å². The zero-order chi connectivity index (χ0) is 25.1. The van der Waals surface area contributed by atoms with Crippen LogP contribution in [-0.4, -0.2) is 24.1 Å². The molecule has 0 aromatic carbocycles. The first-order valence-electron chi connectivity index (χ1n) is 11.6. The molecule has 1 fully saturated rings. The maximum Gasteiger partial charge on any atom is 0.126 e. The third kappa shape index (κ3) is 8.40. The molecule has 0 atom stereocenters. The molecule has 4 nitrogen and oxygen atoms in total. The Hall–Kier alpha value is -3.02. The highest BCUT2D eigenvalue weighted by molar-refractivity contribution is 8.06. The standard InChI is InChI=1S/C29H38N4S/c1-9-12-28(34-20(4)5)24(11-3)16-26(21(6)10-2)15-22(7)32-23(8)25-13-14-31-29(17-25)33-27-18-30-19-27/h10-17,27,30,32H,2,4,6,8-9,18-19H2,1,3,5,7H3,(H,31,33)/b22-15+,24-11+,26-16-,28-12-. The molecule has 0 spiro atoms. The molecule has 0 unspecified atom stereocenters. The van der Waals surface area contributed by atoms with E-state index in [0.29, 0.717) is 6.04 Å². The number of thioether (sulfide) groups is 1. The van der Waals surface area contributed by atoms with Gasteiger partial charge in [0.1, 0.15) is 5.82 Å². The van der Waals surface area contributed by atoms with E-state index in [4.69, 9.17) is 0 Å². The van der Waals surface area contributed by atoms with Crippen molar-refractivity contribution in [3.05, 3.63) is 113 Å². The molecule has 2 heterocycles. The van der Waals surface area contributed by atoms with Gasteiger partial charge in [-0.15, -0.1) is 0 Å². The molecular weight excluding hydrogens is 436 g/mol. The Morgan fingerprint density at radius 1 is 1.21 bits per heavy atom. The molecule has 1 aromatic heterocycles. The summed E-state index contributed by atoms with van der Waals surface area (Å²) in [5.74, 6) is 0.859. The number of allylic oxidation sites excluding steroid dienone is 10. The smallest absolute Gasteiger partial charge is 0.126 e. The molecule has 0 amide bonds. The van der Waals surface area contributed by atoms with Gasteiger partial charge in [0.05, 0.1) is 6.04 Å². The van der Waals surface area contributed by atoms with Crippen LogP contribution in [0.1, 0.15) is 39.7 Å². The maximum atomic E-state index is 4.43. The molecule has 1 aliphatic heterocycles. The van der Waals surface area contributed by atoms with Gasteiger partial charge in [0.15, 0.2) is 0 Å². The molecule has 0 aliphatic carbocycles. The molecule has 2 rings (SSSR count). The Kier molecular flexibility index (Phi) is 10.9. The van der Waals surface area contributed by atoms with Crippen molar-refractivity contribution in [3.8, 4) is 0 Å². The summed E-state index contributed by atoms with van der Waals surface area (Å²) in [5.41, 5.74) is 5.73. The number of nitrogens with zero attached hydrogens (tertiary/aromatic N) is 1. The summed E-state index contributed by atoms with van der Waals surface area (Å²) in [6.07, 6.45) is 13.1. The van der Waals surface area contributed by atoms with Crippen LogP contribution in [0.3, 0.4) is 0 Å². The number of hydrogen-bond acceptors (Lipinski definition) is 5. The minimum atomic E-state index is 0.429. The second kappa shape index (κ2) is 13.6. The minimum Gasteiger partial charge on any atom is -0.365 e. The van der Waals surface area contributed by atoms with Crippen LogP contribution in [-0.2, 0) is 0 Å². The average molecular weight is 475 g/mol. The maximum absolute atomic E-state index is 4.43. The first-order valence-corrected chi connectivity index (χ1v) is 12.4. The van der Waals surface area contributed by atoms with Crippen molar-refractivity contribution in [2.24, 2.45) is 0 Å². The lowest BCUT2D eigenvalue weighted by molar-refractivity contribution is 0.471. The van der Waals surface area contributed by atoms with E-state index in [-0.39, 0.29) is 0 Å². The van der Waals surface area contributed by atoms with Gasteiger partial charge >= 0.3 is 0 Å². The molecular formula is C29H38N4S. The fourth-order valence-electron chi connectivity index (χ4n) is 3.28. The largest absolute Gasteiger partial charge is 0.365 e. The quantitative estimate of drug-likeness (QED) is 0.266. The van der Waals surface area contributed by atoms with Gasteiger partial charge in [0.25, 0.3) is 0 Å². The predicted molar refractivity (Wildman–Crippen MR) is 152 cm³/mol. The Labute approximate surface area is 210 Å². The van der Waals surface area contributed by atoms with Crippen molar-refractivity contribution in [2.45, 2.75) is 40.2 Å². The lowest BCUT2D eigenvalue weighted by Crippen LogP contribution is -2.51. The molecule has 1 saturated heterocycles. The van der Waals surface area contributed by atoms with Crippen molar-refractivity contribution in [3.63, 3.8) is 0 Å². The SMILES string of the molecule is C=CC(=C)C(=C\C(=C/C)C(=C\CC)\SC(=C)C)/C=C(\C)NC(=C)c1ccnc(NC2CNC2)c1. The van der Waals surface area contributed by atoms with Crippen molar-refractivity contribution < 1.29 is 0 Å². The Morgan fingerprint density at radius 3 is 2.50 bits per heavy atom. The summed E-state index contributed by atoms with van der Waals surface area (Å²) in [4.78, 5) is 6.67. The van der Waals surface area contributed by atoms with Crippen LogP contribution in [0.15, 0.2) is 107 Å². The van der Waals surface area contributed by atoms with Crippen LogP contribution in [0.5, 0.6) is 0 Å². The lowest BCUT2D eigenvalue weighted by atomic mass is 10.0. The van der Waals surface area contributed by atoms with Crippen LogP contribution in [0.4, 0.5) is 5.82 Å². The molecule has 0 bridgehead atoms. The van der Waals surface area contributed by atoms with E-state index in [1.54, 1.807) is 24.0 Å². The van der Waals surface area contributed by atoms with Gasteiger partial charge in [0.2, 0.25) is 0 Å². The molecule has 5 heteroatoms. The third-order valence-electron chi connectivity index (χ3n) is 5.16. The highest BCUT2D eigenvalue weighted by Crippen LogP contribution is 2.32. The van der Waals surface area contributed by atoms with E-state index in [1.807, 2.05) is 32.9 Å². The zero-order valence-corrected chi connectivity index (χ0v) is 21.8. The highest BCUT2D eigenvalue weighted by atomic mass is 32.2. The molecule has 0 radical (unpaired) electrons. The lowest BCUT2D eigenvalue weighted by Gasteiger charge is -2.28. The van der Waals surface area contributed by atoms with E-state index in [0.717, 1.165) is 63.9 Å². The number of hydrogen-bond donors (Lipinski definition) is 3. The zero-order valence-electron chi connectivity index (χ0n) is 21.0. The highest BCUT2D eigenvalue weighted by Gasteiger charge is 2.16. The summed E-state index contributed by atoms with van der Waals surface area (Å²) in [7, 11) is 0. The summed E-state index contributed by atoms with van der Waals surface area (Å²) in [6.45, 7) is 26.6. The Morgan fingerprint density at radius 2 is 1.94 bits per heavy atom. The van der Waals surface area contributed by atoms with Crippen LogP contribution >= 0.6 is 11.8 Å². The second-order valence-corrected chi connectivity index (χ2v) is 9.55.